The second-order valence-electron chi connectivity index (χ2n) is 11.9. The third-order valence-electron chi connectivity index (χ3n) is 8.83. The molecule has 0 unspecified atom stereocenters. The molecule has 0 spiro atoms. The number of rotatable bonds is 12. The van der Waals surface area contributed by atoms with Crippen LogP contribution in [0.25, 0.3) is 22.3 Å². The molecule has 0 saturated heterocycles. The molecule has 1 aliphatic heterocycles. The van der Waals surface area contributed by atoms with E-state index in [1.807, 2.05) is 42.5 Å². The second kappa shape index (κ2) is 14.1. The topological polar surface area (TPSA) is 135 Å². The summed E-state index contributed by atoms with van der Waals surface area (Å²) in [6, 6.07) is 20.1. The summed E-state index contributed by atoms with van der Waals surface area (Å²) < 4.78 is 18.3. The molecule has 2 heterocycles. The predicted octanol–water partition coefficient (Wildman–Crippen LogP) is 6.19. The summed E-state index contributed by atoms with van der Waals surface area (Å²) in [6.45, 7) is 2.51. The van der Waals surface area contributed by atoms with Crippen LogP contribution in [0.2, 0.25) is 5.02 Å². The van der Waals surface area contributed by atoms with Gasteiger partial charge in [-0.15, -0.1) is 0 Å². The first-order chi connectivity index (χ1) is 23.2. The Hall–Kier alpha value is -4.16. The Kier molecular flexibility index (Phi) is 9.93. The predicted molar refractivity (Wildman–Crippen MR) is 188 cm³/mol. The Morgan fingerprint density at radius 3 is 2.54 bits per heavy atom. The van der Waals surface area contributed by atoms with Gasteiger partial charge in [-0.2, -0.15) is 4.98 Å². The molecular weight excluding hydrogens is 700 g/mol. The van der Waals surface area contributed by atoms with Crippen LogP contribution in [0.15, 0.2) is 70.1 Å². The zero-order chi connectivity index (χ0) is 34.0. The number of fused-ring (bicyclic) bond motifs is 1. The Labute approximate surface area is 292 Å². The number of hydrogen-bond acceptors (Lipinski definition) is 9. The fourth-order valence-electron chi connectivity index (χ4n) is 6.09. The maximum atomic E-state index is 11.6. The summed E-state index contributed by atoms with van der Waals surface area (Å²) in [7, 11) is 3.15. The summed E-state index contributed by atoms with van der Waals surface area (Å²) in [6.07, 6.45) is 1.28. The van der Waals surface area contributed by atoms with Crippen LogP contribution < -0.4 is 24.8 Å². The third kappa shape index (κ3) is 6.47. The highest BCUT2D eigenvalue weighted by molar-refractivity contribution is 9.10. The van der Waals surface area contributed by atoms with Gasteiger partial charge in [-0.25, -0.2) is 0 Å². The van der Waals surface area contributed by atoms with E-state index in [9.17, 15) is 15.0 Å². The summed E-state index contributed by atoms with van der Waals surface area (Å²) in [5.74, 6) is 1.06. The van der Waals surface area contributed by atoms with E-state index >= 15 is 0 Å². The number of aromatic nitrogens is 1. The lowest BCUT2D eigenvalue weighted by Gasteiger charge is -2.24. The van der Waals surface area contributed by atoms with Crippen molar-refractivity contribution in [1.29, 1.82) is 0 Å². The van der Waals surface area contributed by atoms with Gasteiger partial charge < -0.3 is 29.7 Å². The number of carbonyl (C=O) groups is 1. The molecule has 4 N–H and O–H groups in total. The first-order valence-corrected chi connectivity index (χ1v) is 16.7. The van der Waals surface area contributed by atoms with Gasteiger partial charge in [0.25, 0.3) is 0 Å². The quantitative estimate of drug-likeness (QED) is 0.134. The van der Waals surface area contributed by atoms with Crippen LogP contribution in [-0.2, 0) is 17.8 Å². The van der Waals surface area contributed by atoms with Gasteiger partial charge in [-0.1, -0.05) is 54.1 Å². The first kappa shape index (κ1) is 33.7. The number of methoxy groups -OCH3 is 2. The fourth-order valence-corrected chi connectivity index (χ4v) is 6.89. The minimum Gasteiger partial charge on any atom is -0.496 e. The van der Waals surface area contributed by atoms with Gasteiger partial charge in [0.1, 0.15) is 23.2 Å². The SMILES string of the molecule is COc1cc(-c2cccc(-c3cccc4c3CC[C@@H]4Oc3nc(OC)c(CN[C@@](C)(CO)C(=O)O)cc3Br)c2Cl)ccc1C1=NCCN1. The maximum absolute atomic E-state index is 11.6. The van der Waals surface area contributed by atoms with Crippen molar-refractivity contribution in [3.05, 3.63) is 92.4 Å². The van der Waals surface area contributed by atoms with Crippen molar-refractivity contribution >= 4 is 39.3 Å². The monoisotopic (exact) mass is 734 g/mol. The summed E-state index contributed by atoms with van der Waals surface area (Å²) in [5.41, 5.74) is 6.08. The molecule has 48 heavy (non-hydrogen) atoms. The fraction of sp³-hybridized carbons (Fsp3) is 0.306. The number of aliphatic imine (C=N–C) groups is 1. The number of hydrogen-bond donors (Lipinski definition) is 4. The highest BCUT2D eigenvalue weighted by Crippen LogP contribution is 2.45. The minimum absolute atomic E-state index is 0.108. The molecule has 0 radical (unpaired) electrons. The number of benzene rings is 3. The number of aliphatic carboxylic acids is 1. The number of nitrogens with one attached hydrogen (secondary N) is 2. The highest BCUT2D eigenvalue weighted by atomic mass is 79.9. The van der Waals surface area contributed by atoms with Crippen LogP contribution in [0.3, 0.4) is 0 Å². The van der Waals surface area contributed by atoms with Crippen molar-refractivity contribution in [2.75, 3.05) is 33.9 Å². The zero-order valence-electron chi connectivity index (χ0n) is 26.8. The van der Waals surface area contributed by atoms with E-state index in [0.29, 0.717) is 26.8 Å². The van der Waals surface area contributed by atoms with Gasteiger partial charge >= 0.3 is 5.97 Å². The van der Waals surface area contributed by atoms with Crippen molar-refractivity contribution in [2.24, 2.45) is 4.99 Å². The summed E-state index contributed by atoms with van der Waals surface area (Å²) in [5, 5.41) is 25.9. The molecular formula is C36H36BrClN4O6. The molecule has 2 aliphatic rings. The lowest BCUT2D eigenvalue weighted by atomic mass is 9.93. The molecule has 250 valence electrons. The molecule has 6 rings (SSSR count). The van der Waals surface area contributed by atoms with Crippen LogP contribution in [0.1, 0.15) is 41.7 Å². The van der Waals surface area contributed by atoms with Crippen LogP contribution in [0.5, 0.6) is 17.5 Å². The van der Waals surface area contributed by atoms with Crippen LogP contribution in [-0.4, -0.2) is 66.5 Å². The molecule has 1 aromatic heterocycles. The van der Waals surface area contributed by atoms with Crippen molar-refractivity contribution in [3.63, 3.8) is 0 Å². The lowest BCUT2D eigenvalue weighted by molar-refractivity contribution is -0.145. The number of carboxylic acids is 1. The number of pyridine rings is 1. The number of nitrogens with zero attached hydrogens (tertiary/aromatic N) is 2. The summed E-state index contributed by atoms with van der Waals surface area (Å²) >= 11 is 10.7. The molecule has 3 aromatic carbocycles. The van der Waals surface area contributed by atoms with E-state index in [0.717, 1.165) is 70.9 Å². The molecule has 10 nitrogen and oxygen atoms in total. The van der Waals surface area contributed by atoms with Gasteiger partial charge in [-0.3, -0.25) is 15.1 Å². The Balaban J connectivity index is 1.27. The molecule has 0 amide bonds. The largest absolute Gasteiger partial charge is 0.496 e. The number of aliphatic hydroxyl groups is 1. The van der Waals surface area contributed by atoms with Crippen LogP contribution >= 0.6 is 27.5 Å². The van der Waals surface area contributed by atoms with Gasteiger partial charge in [-0.05, 0) is 76.1 Å². The number of aliphatic hydroxyl groups excluding tert-OH is 1. The summed E-state index contributed by atoms with van der Waals surface area (Å²) in [4.78, 5) is 20.8. The normalized spacial score (nSPS) is 16.5. The van der Waals surface area contributed by atoms with Crippen LogP contribution in [0.4, 0.5) is 0 Å². The molecule has 0 bridgehead atoms. The minimum atomic E-state index is -1.51. The Morgan fingerprint density at radius 2 is 1.83 bits per heavy atom. The molecule has 0 fully saturated rings. The van der Waals surface area contributed by atoms with Crippen LogP contribution in [0, 0.1) is 0 Å². The molecule has 4 aromatic rings. The molecule has 2 atom stereocenters. The molecule has 12 heteroatoms. The number of halogens is 2. The van der Waals surface area contributed by atoms with Gasteiger partial charge in [0.05, 0.1) is 42.4 Å². The van der Waals surface area contributed by atoms with Crippen molar-refractivity contribution in [1.82, 2.24) is 15.6 Å². The van der Waals surface area contributed by atoms with E-state index in [1.54, 1.807) is 13.2 Å². The maximum Gasteiger partial charge on any atom is 0.326 e. The van der Waals surface area contributed by atoms with Crippen molar-refractivity contribution in [2.45, 2.75) is 38.0 Å². The number of carboxylic acid groups (broad SMARTS) is 1. The van der Waals surface area contributed by atoms with E-state index in [4.69, 9.17) is 25.8 Å². The third-order valence-corrected chi connectivity index (χ3v) is 9.81. The molecule has 1 aliphatic carbocycles. The zero-order valence-corrected chi connectivity index (χ0v) is 29.1. The van der Waals surface area contributed by atoms with Gasteiger partial charge in [0.15, 0.2) is 0 Å². The molecule has 0 saturated carbocycles. The number of amidine groups is 1. The Morgan fingerprint density at radius 1 is 1.06 bits per heavy atom. The van der Waals surface area contributed by atoms with Gasteiger partial charge in [0.2, 0.25) is 11.8 Å². The lowest BCUT2D eigenvalue weighted by Crippen LogP contribution is -2.52. The van der Waals surface area contributed by atoms with E-state index in [1.165, 1.54) is 19.6 Å². The first-order valence-electron chi connectivity index (χ1n) is 15.5. The number of ether oxygens (including phenoxy) is 3. The van der Waals surface area contributed by atoms with Gasteiger partial charge in [0, 0.05) is 29.8 Å². The highest BCUT2D eigenvalue weighted by Gasteiger charge is 2.33. The Bertz CT molecular complexity index is 1900. The average molecular weight is 736 g/mol. The van der Waals surface area contributed by atoms with E-state index in [-0.39, 0.29) is 12.6 Å². The standard InChI is InChI=1S/C36H36BrClN4O6/c1-36(19-43,35(44)45)41-18-21-16-28(37)34(42-33(21)47-3)48-29-13-12-24-23(7-5-8-25(24)29)26-9-4-6-22(31(26)38)20-10-11-27(30(17-20)46-2)32-39-14-15-40-32/h4-11,16-17,29,41,43H,12-15,18-19H2,1-3H3,(H,39,40)(H,44,45)/t29-,36-/m0/s1. The smallest absolute Gasteiger partial charge is 0.326 e. The second-order valence-corrected chi connectivity index (χ2v) is 13.1. The van der Waals surface area contributed by atoms with Crippen molar-refractivity contribution < 1.29 is 29.2 Å². The average Bonchev–Trinajstić information content (AvgIpc) is 3.79. The van der Waals surface area contributed by atoms with E-state index < -0.39 is 18.1 Å². The van der Waals surface area contributed by atoms with E-state index in [2.05, 4.69) is 48.7 Å². The van der Waals surface area contributed by atoms with Crippen molar-refractivity contribution in [3.8, 4) is 39.8 Å².